The molecule has 3 rings (SSSR count). The number of rotatable bonds is 5. The molecule has 0 unspecified atom stereocenters. The molecule has 7 nitrogen and oxygen atoms in total. The van der Waals surface area contributed by atoms with Crippen LogP contribution in [0.5, 0.6) is 5.75 Å². The number of amides is 2. The third-order valence-electron chi connectivity index (χ3n) is 3.79. The fourth-order valence-electron chi connectivity index (χ4n) is 2.57. The van der Waals surface area contributed by atoms with Crippen LogP contribution in [0.4, 0.5) is 5.69 Å². The lowest BCUT2D eigenvalue weighted by Gasteiger charge is -2.28. The number of carboxylic acid groups (broad SMARTS) is 1. The van der Waals surface area contributed by atoms with E-state index in [1.54, 1.807) is 30.3 Å². The quantitative estimate of drug-likeness (QED) is 0.412. The Morgan fingerprint density at radius 3 is 2.38 bits per heavy atom. The van der Waals surface area contributed by atoms with E-state index in [1.807, 2.05) is 0 Å². The van der Waals surface area contributed by atoms with Gasteiger partial charge in [-0.2, -0.15) is 0 Å². The number of aliphatic carboxylic acids is 1. The number of carbonyl (C=O) groups excluding carboxylic acids is 2. The molecule has 29 heavy (non-hydrogen) atoms. The number of para-hydroxylation sites is 1. The second-order valence-corrected chi connectivity index (χ2v) is 6.99. The Balaban J connectivity index is 1.96. The minimum Gasteiger partial charge on any atom is -0.479 e. The highest BCUT2D eigenvalue weighted by Gasteiger charge is 2.34. The van der Waals surface area contributed by atoms with Crippen molar-refractivity contribution in [3.8, 4) is 5.75 Å². The highest BCUT2D eigenvalue weighted by atomic mass is 35.5. The van der Waals surface area contributed by atoms with Crippen molar-refractivity contribution in [3.63, 3.8) is 0 Å². The number of anilines is 1. The topological polar surface area (TPSA) is 95.9 Å². The maximum absolute atomic E-state index is 12.9. The van der Waals surface area contributed by atoms with E-state index in [9.17, 15) is 14.4 Å². The Kier molecular flexibility index (Phi) is 6.17. The minimum absolute atomic E-state index is 0.00982. The number of carbonyl (C=O) groups is 3. The van der Waals surface area contributed by atoms with Crippen molar-refractivity contribution < 1.29 is 24.2 Å². The molecule has 0 bridgehead atoms. The Bertz CT molecular complexity index is 1030. The van der Waals surface area contributed by atoms with E-state index in [4.69, 9.17) is 45.3 Å². The third kappa shape index (κ3) is 4.56. The lowest BCUT2D eigenvalue weighted by atomic mass is 10.1. The number of nitrogens with one attached hydrogen (secondary N) is 1. The first-order chi connectivity index (χ1) is 13.8. The number of halogens is 2. The highest BCUT2D eigenvalue weighted by molar-refractivity contribution is 7.80. The van der Waals surface area contributed by atoms with Crippen molar-refractivity contribution in [3.05, 3.63) is 63.6 Å². The minimum atomic E-state index is -1.19. The Labute approximate surface area is 180 Å². The summed E-state index contributed by atoms with van der Waals surface area (Å²) < 4.78 is 5.05. The molecule has 1 saturated heterocycles. The van der Waals surface area contributed by atoms with E-state index in [1.165, 1.54) is 23.1 Å². The summed E-state index contributed by atoms with van der Waals surface area (Å²) in [5, 5.41) is 11.2. The average molecular weight is 451 g/mol. The van der Waals surface area contributed by atoms with Crippen LogP contribution in [0, 0.1) is 0 Å². The van der Waals surface area contributed by atoms with Crippen LogP contribution >= 0.6 is 35.4 Å². The van der Waals surface area contributed by atoms with Crippen molar-refractivity contribution in [2.45, 2.75) is 0 Å². The molecule has 148 valence electrons. The van der Waals surface area contributed by atoms with Gasteiger partial charge in [0.25, 0.3) is 11.8 Å². The second kappa shape index (κ2) is 8.60. The summed E-state index contributed by atoms with van der Waals surface area (Å²) in [5.74, 6) is -2.47. The fraction of sp³-hybridized carbons (Fsp3) is 0.0526. The molecular weight excluding hydrogens is 439 g/mol. The maximum atomic E-state index is 12.9. The third-order valence-corrected chi connectivity index (χ3v) is 4.63. The molecule has 0 radical (unpaired) electrons. The normalized spacial score (nSPS) is 15.4. The van der Waals surface area contributed by atoms with Crippen molar-refractivity contribution in [1.29, 1.82) is 0 Å². The Hall–Kier alpha value is -2.94. The van der Waals surface area contributed by atoms with Gasteiger partial charge < -0.3 is 9.84 Å². The number of benzene rings is 2. The summed E-state index contributed by atoms with van der Waals surface area (Å²) in [4.78, 5) is 37.1. The molecule has 0 saturated carbocycles. The van der Waals surface area contributed by atoms with Gasteiger partial charge in [0.1, 0.15) is 5.57 Å². The van der Waals surface area contributed by atoms with Gasteiger partial charge in [0.05, 0.1) is 15.7 Å². The largest absolute Gasteiger partial charge is 0.479 e. The van der Waals surface area contributed by atoms with E-state index in [0.29, 0.717) is 11.3 Å². The lowest BCUT2D eigenvalue weighted by molar-refractivity contribution is -0.139. The number of nitrogens with zero attached hydrogens (tertiary/aromatic N) is 1. The van der Waals surface area contributed by atoms with Crippen LogP contribution in [-0.4, -0.2) is 34.6 Å². The Morgan fingerprint density at radius 1 is 1.17 bits per heavy atom. The van der Waals surface area contributed by atoms with E-state index in [-0.39, 0.29) is 26.5 Å². The molecular formula is C19H12Cl2N2O5S. The van der Waals surface area contributed by atoms with Crippen molar-refractivity contribution >= 4 is 70.1 Å². The lowest BCUT2D eigenvalue weighted by Crippen LogP contribution is -2.54. The molecule has 0 atom stereocenters. The summed E-state index contributed by atoms with van der Waals surface area (Å²) in [6, 6.07) is 11.4. The summed E-state index contributed by atoms with van der Waals surface area (Å²) >= 11 is 17.3. The first kappa shape index (κ1) is 20.8. The van der Waals surface area contributed by atoms with Gasteiger partial charge in [-0.15, -0.1) is 0 Å². The molecule has 0 aliphatic carbocycles. The monoisotopic (exact) mass is 450 g/mol. The average Bonchev–Trinajstić information content (AvgIpc) is 2.65. The van der Waals surface area contributed by atoms with Gasteiger partial charge >= 0.3 is 5.97 Å². The van der Waals surface area contributed by atoms with Crippen molar-refractivity contribution in [2.24, 2.45) is 0 Å². The fourth-order valence-corrected chi connectivity index (χ4v) is 3.46. The molecule has 2 N–H and O–H groups in total. The molecule has 2 aromatic rings. The van der Waals surface area contributed by atoms with Crippen LogP contribution < -0.4 is 15.0 Å². The Morgan fingerprint density at radius 2 is 1.79 bits per heavy atom. The zero-order valence-electron chi connectivity index (χ0n) is 14.5. The van der Waals surface area contributed by atoms with Gasteiger partial charge in [-0.1, -0.05) is 41.4 Å². The second-order valence-electron chi connectivity index (χ2n) is 5.79. The molecule has 2 amide bonds. The van der Waals surface area contributed by atoms with E-state index >= 15 is 0 Å². The van der Waals surface area contributed by atoms with Crippen LogP contribution in [0.15, 0.2) is 48.0 Å². The predicted molar refractivity (Wildman–Crippen MR) is 112 cm³/mol. The predicted octanol–water partition coefficient (Wildman–Crippen LogP) is 3.29. The van der Waals surface area contributed by atoms with Gasteiger partial charge in [0.2, 0.25) is 0 Å². The summed E-state index contributed by atoms with van der Waals surface area (Å²) in [6.45, 7) is -0.621. The zero-order valence-corrected chi connectivity index (χ0v) is 16.8. The number of ether oxygens (including phenoxy) is 1. The van der Waals surface area contributed by atoms with E-state index in [2.05, 4.69) is 5.32 Å². The molecule has 0 spiro atoms. The van der Waals surface area contributed by atoms with Crippen LogP contribution in [0.25, 0.3) is 6.08 Å². The SMILES string of the molecule is O=C(O)COc1c(Cl)cc(/C=C2\C(=O)NC(=S)N(c3ccccc3)C2=O)cc1Cl. The standard InChI is InChI=1S/C19H12Cl2N2O5S/c20-13-7-10(8-14(21)16(13)28-9-15(24)25)6-12-17(26)22-19(29)23(18(12)27)11-4-2-1-3-5-11/h1-8H,9H2,(H,24,25)(H,22,26,29)/b12-6+. The molecule has 10 heteroatoms. The summed E-state index contributed by atoms with van der Waals surface area (Å²) in [6.07, 6.45) is 1.31. The number of thiocarbonyl (C=S) groups is 1. The smallest absolute Gasteiger partial charge is 0.341 e. The zero-order chi connectivity index (χ0) is 21.1. The highest BCUT2D eigenvalue weighted by Crippen LogP contribution is 2.35. The van der Waals surface area contributed by atoms with Gasteiger partial charge in [-0.05, 0) is 48.1 Å². The van der Waals surface area contributed by atoms with E-state index in [0.717, 1.165) is 0 Å². The number of hydrogen-bond acceptors (Lipinski definition) is 5. The van der Waals surface area contributed by atoms with Crippen LogP contribution in [0.1, 0.15) is 5.56 Å². The van der Waals surface area contributed by atoms with Crippen LogP contribution in [0.3, 0.4) is 0 Å². The molecule has 1 fully saturated rings. The van der Waals surface area contributed by atoms with E-state index < -0.39 is 24.4 Å². The molecule has 2 aromatic carbocycles. The van der Waals surface area contributed by atoms with Gasteiger partial charge in [-0.25, -0.2) is 4.79 Å². The van der Waals surface area contributed by atoms with Gasteiger partial charge in [-0.3, -0.25) is 19.8 Å². The first-order valence-electron chi connectivity index (χ1n) is 8.08. The molecule has 1 heterocycles. The first-order valence-corrected chi connectivity index (χ1v) is 9.24. The number of hydrogen-bond donors (Lipinski definition) is 2. The van der Waals surface area contributed by atoms with Crippen molar-refractivity contribution in [2.75, 3.05) is 11.5 Å². The van der Waals surface area contributed by atoms with Crippen LogP contribution in [-0.2, 0) is 14.4 Å². The number of carboxylic acids is 1. The summed E-state index contributed by atoms with van der Waals surface area (Å²) in [5.41, 5.74) is 0.678. The van der Waals surface area contributed by atoms with Crippen molar-refractivity contribution in [1.82, 2.24) is 5.32 Å². The van der Waals surface area contributed by atoms with Gasteiger partial charge in [0, 0.05) is 0 Å². The molecule has 1 aliphatic rings. The van der Waals surface area contributed by atoms with Crippen LogP contribution in [0.2, 0.25) is 10.0 Å². The molecule has 0 aromatic heterocycles. The van der Waals surface area contributed by atoms with Gasteiger partial charge in [0.15, 0.2) is 17.5 Å². The molecule has 1 aliphatic heterocycles. The summed E-state index contributed by atoms with van der Waals surface area (Å²) in [7, 11) is 0. The maximum Gasteiger partial charge on any atom is 0.341 e.